The number of rotatable bonds is 6. The minimum atomic E-state index is -3.80. The van der Waals surface area contributed by atoms with Crippen LogP contribution in [0.4, 0.5) is 0 Å². The first-order chi connectivity index (χ1) is 14.0. The SMILES string of the molecule is O=C(N[C@H]1CCCc2ccccc21)[C@H](NS(=O)(=O)c1cccs1)c1ccccc1. The van der Waals surface area contributed by atoms with Gasteiger partial charge in [0.2, 0.25) is 5.91 Å². The van der Waals surface area contributed by atoms with Crippen LogP contribution in [0.25, 0.3) is 0 Å². The summed E-state index contributed by atoms with van der Waals surface area (Å²) in [6.07, 6.45) is 2.82. The molecule has 150 valence electrons. The number of nitrogens with one attached hydrogen (secondary N) is 2. The quantitative estimate of drug-likeness (QED) is 0.626. The lowest BCUT2D eigenvalue weighted by atomic mass is 9.87. The van der Waals surface area contributed by atoms with Crippen LogP contribution in [0, 0.1) is 0 Å². The number of carbonyl (C=O) groups excluding carboxylic acids is 1. The number of carbonyl (C=O) groups is 1. The van der Waals surface area contributed by atoms with Gasteiger partial charge in [-0.15, -0.1) is 11.3 Å². The summed E-state index contributed by atoms with van der Waals surface area (Å²) in [6, 6.07) is 19.1. The maximum Gasteiger partial charge on any atom is 0.251 e. The van der Waals surface area contributed by atoms with Crippen LogP contribution < -0.4 is 10.0 Å². The van der Waals surface area contributed by atoms with Gasteiger partial charge in [0.1, 0.15) is 10.3 Å². The molecule has 0 radical (unpaired) electrons. The Morgan fingerprint density at radius 1 is 1.00 bits per heavy atom. The highest BCUT2D eigenvalue weighted by Gasteiger charge is 2.30. The van der Waals surface area contributed by atoms with Crippen LogP contribution in [-0.2, 0) is 21.2 Å². The minimum Gasteiger partial charge on any atom is -0.348 e. The van der Waals surface area contributed by atoms with Gasteiger partial charge in [0.15, 0.2) is 0 Å². The molecular formula is C22H22N2O3S2. The second-order valence-corrected chi connectivity index (χ2v) is 9.94. The van der Waals surface area contributed by atoms with Crippen molar-refractivity contribution in [3.63, 3.8) is 0 Å². The standard InChI is InChI=1S/C22H22N2O3S2/c25-22(23-19-13-6-11-16-8-4-5-12-18(16)19)21(17-9-2-1-3-10-17)24-29(26,27)20-14-7-15-28-20/h1-5,7-10,12,14-15,19,21,24H,6,11,13H2,(H,23,25)/t19-,21+/m0/s1. The third-order valence-electron chi connectivity index (χ3n) is 5.11. The van der Waals surface area contributed by atoms with Gasteiger partial charge < -0.3 is 5.32 Å². The average Bonchev–Trinajstić information content (AvgIpc) is 3.29. The Morgan fingerprint density at radius 3 is 2.52 bits per heavy atom. The topological polar surface area (TPSA) is 75.3 Å². The van der Waals surface area contributed by atoms with E-state index >= 15 is 0 Å². The predicted molar refractivity (Wildman–Crippen MR) is 114 cm³/mol. The summed E-state index contributed by atoms with van der Waals surface area (Å²) in [5.41, 5.74) is 2.95. The van der Waals surface area contributed by atoms with E-state index in [1.54, 1.807) is 35.7 Å². The number of amides is 1. The lowest BCUT2D eigenvalue weighted by Crippen LogP contribution is -2.42. The van der Waals surface area contributed by atoms with E-state index in [1.807, 2.05) is 24.3 Å². The summed E-state index contributed by atoms with van der Waals surface area (Å²) in [5.74, 6) is -0.349. The Kier molecular flexibility index (Phi) is 5.80. The van der Waals surface area contributed by atoms with E-state index in [2.05, 4.69) is 16.1 Å². The molecule has 1 aliphatic carbocycles. The highest BCUT2D eigenvalue weighted by Crippen LogP contribution is 2.30. The molecule has 0 spiro atoms. The van der Waals surface area contributed by atoms with Gasteiger partial charge in [-0.3, -0.25) is 4.79 Å². The smallest absolute Gasteiger partial charge is 0.251 e. The van der Waals surface area contributed by atoms with E-state index in [0.29, 0.717) is 5.56 Å². The van der Waals surface area contributed by atoms with E-state index in [-0.39, 0.29) is 16.2 Å². The van der Waals surface area contributed by atoms with E-state index in [4.69, 9.17) is 0 Å². The van der Waals surface area contributed by atoms with Crippen LogP contribution in [0.2, 0.25) is 0 Å². The molecule has 0 saturated heterocycles. The third kappa shape index (κ3) is 4.42. The Morgan fingerprint density at radius 2 is 1.76 bits per heavy atom. The Hall–Kier alpha value is -2.48. The molecule has 0 aliphatic heterocycles. The molecule has 2 atom stereocenters. The number of benzene rings is 2. The van der Waals surface area contributed by atoms with E-state index < -0.39 is 16.1 Å². The zero-order chi connectivity index (χ0) is 20.3. The molecule has 0 saturated carbocycles. The van der Waals surface area contributed by atoms with Gasteiger partial charge in [0.25, 0.3) is 10.0 Å². The molecule has 0 bridgehead atoms. The minimum absolute atomic E-state index is 0.120. The van der Waals surface area contributed by atoms with Gasteiger partial charge in [-0.1, -0.05) is 60.7 Å². The van der Waals surface area contributed by atoms with Crippen molar-refractivity contribution in [3.8, 4) is 0 Å². The molecule has 1 aromatic heterocycles. The molecule has 2 N–H and O–H groups in total. The first kappa shape index (κ1) is 19.8. The van der Waals surface area contributed by atoms with Crippen LogP contribution in [0.15, 0.2) is 76.3 Å². The molecule has 1 heterocycles. The molecule has 0 unspecified atom stereocenters. The fourth-order valence-corrected chi connectivity index (χ4v) is 5.90. The number of hydrogen-bond donors (Lipinski definition) is 2. The Labute approximate surface area is 174 Å². The second-order valence-electron chi connectivity index (χ2n) is 7.05. The van der Waals surface area contributed by atoms with Crippen molar-refractivity contribution < 1.29 is 13.2 Å². The van der Waals surface area contributed by atoms with Crippen molar-refractivity contribution in [2.45, 2.75) is 35.6 Å². The van der Waals surface area contributed by atoms with Crippen LogP contribution in [0.5, 0.6) is 0 Å². The van der Waals surface area contributed by atoms with Crippen molar-refractivity contribution in [1.29, 1.82) is 0 Å². The van der Waals surface area contributed by atoms with E-state index in [9.17, 15) is 13.2 Å². The van der Waals surface area contributed by atoms with Gasteiger partial charge >= 0.3 is 0 Å². The number of sulfonamides is 1. The van der Waals surface area contributed by atoms with Gasteiger partial charge in [-0.2, -0.15) is 4.72 Å². The maximum atomic E-state index is 13.2. The van der Waals surface area contributed by atoms with Crippen molar-refractivity contribution in [2.24, 2.45) is 0 Å². The number of hydrogen-bond acceptors (Lipinski definition) is 4. The van der Waals surface area contributed by atoms with Crippen molar-refractivity contribution >= 4 is 27.3 Å². The van der Waals surface area contributed by atoms with Crippen molar-refractivity contribution in [2.75, 3.05) is 0 Å². The van der Waals surface area contributed by atoms with Gasteiger partial charge in [0, 0.05) is 0 Å². The number of aryl methyl sites for hydroxylation is 1. The van der Waals surface area contributed by atoms with Crippen molar-refractivity contribution in [3.05, 3.63) is 88.8 Å². The molecule has 1 amide bonds. The van der Waals surface area contributed by atoms with Gasteiger partial charge in [0.05, 0.1) is 6.04 Å². The largest absolute Gasteiger partial charge is 0.348 e. The molecule has 3 aromatic rings. The van der Waals surface area contributed by atoms with Crippen LogP contribution >= 0.6 is 11.3 Å². The van der Waals surface area contributed by atoms with Gasteiger partial charge in [-0.25, -0.2) is 8.42 Å². The lowest BCUT2D eigenvalue weighted by Gasteiger charge is -2.28. The summed E-state index contributed by atoms with van der Waals surface area (Å²) in [6.45, 7) is 0. The molecule has 1 aliphatic rings. The summed E-state index contributed by atoms with van der Waals surface area (Å²) >= 11 is 1.12. The van der Waals surface area contributed by atoms with E-state index in [0.717, 1.165) is 36.2 Å². The van der Waals surface area contributed by atoms with Crippen molar-refractivity contribution in [1.82, 2.24) is 10.0 Å². The molecule has 29 heavy (non-hydrogen) atoms. The van der Waals surface area contributed by atoms with Crippen LogP contribution in [0.1, 0.15) is 41.6 Å². The second kappa shape index (κ2) is 8.49. The predicted octanol–water partition coefficient (Wildman–Crippen LogP) is 3.96. The number of thiophene rings is 1. The summed E-state index contributed by atoms with van der Waals surface area (Å²) in [5, 5.41) is 4.78. The zero-order valence-corrected chi connectivity index (χ0v) is 17.4. The molecule has 4 rings (SSSR count). The molecule has 7 heteroatoms. The molecule has 2 aromatic carbocycles. The molecule has 5 nitrogen and oxygen atoms in total. The summed E-state index contributed by atoms with van der Waals surface area (Å²) in [4.78, 5) is 13.2. The maximum absolute atomic E-state index is 13.2. The third-order valence-corrected chi connectivity index (χ3v) is 7.93. The zero-order valence-electron chi connectivity index (χ0n) is 15.7. The van der Waals surface area contributed by atoms with Crippen LogP contribution in [0.3, 0.4) is 0 Å². The van der Waals surface area contributed by atoms with Gasteiger partial charge in [-0.05, 0) is 47.4 Å². The highest BCUT2D eigenvalue weighted by molar-refractivity contribution is 7.91. The molecular weight excluding hydrogens is 404 g/mol. The highest BCUT2D eigenvalue weighted by atomic mass is 32.2. The molecule has 0 fully saturated rings. The Balaban J connectivity index is 1.61. The first-order valence-corrected chi connectivity index (χ1v) is 11.9. The lowest BCUT2D eigenvalue weighted by molar-refractivity contribution is -0.123. The first-order valence-electron chi connectivity index (χ1n) is 9.53. The fourth-order valence-electron chi connectivity index (χ4n) is 3.71. The van der Waals surface area contributed by atoms with E-state index in [1.165, 1.54) is 11.6 Å². The Bertz CT molecular complexity index is 1080. The summed E-state index contributed by atoms with van der Waals surface area (Å²) in [7, 11) is -3.80. The monoisotopic (exact) mass is 426 g/mol. The number of fused-ring (bicyclic) bond motifs is 1. The normalized spacial score (nSPS) is 17.3. The van der Waals surface area contributed by atoms with Crippen LogP contribution in [-0.4, -0.2) is 14.3 Å². The summed E-state index contributed by atoms with van der Waals surface area (Å²) < 4.78 is 28.4. The fraction of sp³-hybridized carbons (Fsp3) is 0.227. The average molecular weight is 427 g/mol.